The third-order valence-electron chi connectivity index (χ3n) is 1.48. The average Bonchev–Trinajstić information content (AvgIpc) is 2.21. The van der Waals surface area contributed by atoms with Crippen molar-refractivity contribution in [1.82, 2.24) is 21.3 Å². The summed E-state index contributed by atoms with van der Waals surface area (Å²) in [5, 5.41) is 10.0. The minimum absolute atomic E-state index is 0. The number of carbonyl (C=O) groups is 2. The van der Waals surface area contributed by atoms with Gasteiger partial charge in [-0.2, -0.15) is 0 Å². The van der Waals surface area contributed by atoms with E-state index in [4.69, 9.17) is 0 Å². The van der Waals surface area contributed by atoms with Crippen molar-refractivity contribution in [2.24, 2.45) is 0 Å². The fourth-order valence-corrected chi connectivity index (χ4v) is 1.05. The highest BCUT2D eigenvalue weighted by molar-refractivity contribution is 5.84. The lowest BCUT2D eigenvalue weighted by Gasteiger charge is -2.02. The van der Waals surface area contributed by atoms with Gasteiger partial charge < -0.3 is 21.3 Å². The molecule has 4 N–H and O–H groups in total. The highest BCUT2D eigenvalue weighted by atomic mass is 16.2. The zero-order chi connectivity index (χ0) is 7.14. The Hall–Kier alpha value is -1.46. The quantitative estimate of drug-likeness (QED) is 0.361. The van der Waals surface area contributed by atoms with Crippen molar-refractivity contribution in [1.29, 1.82) is 0 Å². The average molecular weight is 158 g/mol. The highest BCUT2D eigenvalue weighted by Gasteiger charge is 2.38. The summed E-state index contributed by atoms with van der Waals surface area (Å²) in [5.41, 5.74) is 0. The normalized spacial score (nSPS) is 32.4. The molecule has 0 aromatic rings. The Morgan fingerprint density at radius 1 is 0.818 bits per heavy atom. The van der Waals surface area contributed by atoms with E-state index in [1.807, 2.05) is 0 Å². The molecule has 2 heterocycles. The summed E-state index contributed by atoms with van der Waals surface area (Å²) >= 11 is 0. The zero-order valence-corrected chi connectivity index (χ0v) is 4.97. The lowest BCUT2D eigenvalue weighted by Crippen LogP contribution is -2.39. The lowest BCUT2D eigenvalue weighted by atomic mass is 10.4. The SMILES string of the molecule is C.O=C1NC2NC(=O)NC2N1. The van der Waals surface area contributed by atoms with Crippen LogP contribution in [0.2, 0.25) is 0 Å². The summed E-state index contributed by atoms with van der Waals surface area (Å²) in [7, 11) is 0. The van der Waals surface area contributed by atoms with Gasteiger partial charge in [0.25, 0.3) is 0 Å². The number of fused-ring (bicyclic) bond motifs is 1. The molecule has 2 rings (SSSR count). The predicted molar refractivity (Wildman–Crippen MR) is 37.6 cm³/mol. The van der Waals surface area contributed by atoms with Crippen molar-refractivity contribution in [3.05, 3.63) is 0 Å². The summed E-state index contributed by atoms with van der Waals surface area (Å²) in [6.45, 7) is 0. The molecule has 6 heteroatoms. The van der Waals surface area contributed by atoms with Gasteiger partial charge in [-0.3, -0.25) is 0 Å². The molecule has 11 heavy (non-hydrogen) atoms. The lowest BCUT2D eigenvalue weighted by molar-refractivity contribution is 0.239. The number of hydrogen-bond acceptors (Lipinski definition) is 2. The summed E-state index contributed by atoms with van der Waals surface area (Å²) in [6.07, 6.45) is -0.583. The van der Waals surface area contributed by atoms with Crippen LogP contribution < -0.4 is 21.3 Å². The predicted octanol–water partition coefficient (Wildman–Crippen LogP) is -1.10. The van der Waals surface area contributed by atoms with Crippen molar-refractivity contribution >= 4 is 12.1 Å². The van der Waals surface area contributed by atoms with Crippen molar-refractivity contribution < 1.29 is 9.59 Å². The van der Waals surface area contributed by atoms with Gasteiger partial charge in [0, 0.05) is 0 Å². The summed E-state index contributed by atoms with van der Waals surface area (Å²) in [5.74, 6) is 0. The van der Waals surface area contributed by atoms with Crippen LogP contribution >= 0.6 is 0 Å². The second kappa shape index (κ2) is 2.30. The molecule has 0 spiro atoms. The number of nitrogens with one attached hydrogen (secondary N) is 4. The number of amides is 4. The van der Waals surface area contributed by atoms with Crippen LogP contribution in [0.1, 0.15) is 7.43 Å². The Balaban J connectivity index is 0.000000605. The molecular weight excluding hydrogens is 148 g/mol. The number of rotatable bonds is 0. The van der Waals surface area contributed by atoms with Gasteiger partial charge in [0.1, 0.15) is 12.3 Å². The van der Waals surface area contributed by atoms with Gasteiger partial charge in [0.2, 0.25) is 0 Å². The van der Waals surface area contributed by atoms with E-state index >= 15 is 0 Å². The Bertz CT molecular complexity index is 167. The third-order valence-corrected chi connectivity index (χ3v) is 1.48. The molecule has 0 aromatic heterocycles. The minimum Gasteiger partial charge on any atom is -0.314 e. The van der Waals surface area contributed by atoms with E-state index in [-0.39, 0.29) is 31.8 Å². The van der Waals surface area contributed by atoms with Crippen LogP contribution in [0.25, 0.3) is 0 Å². The minimum atomic E-state index is -0.292. The fourth-order valence-electron chi connectivity index (χ4n) is 1.05. The molecule has 2 fully saturated rings. The smallest absolute Gasteiger partial charge is 0.314 e. The van der Waals surface area contributed by atoms with E-state index in [1.165, 1.54) is 0 Å². The second-order valence-corrected chi connectivity index (χ2v) is 2.19. The van der Waals surface area contributed by atoms with E-state index < -0.39 is 0 Å². The molecule has 2 saturated heterocycles. The zero-order valence-electron chi connectivity index (χ0n) is 4.97. The van der Waals surface area contributed by atoms with E-state index in [9.17, 15) is 9.59 Å². The Labute approximate surface area is 63.7 Å². The Morgan fingerprint density at radius 2 is 1.09 bits per heavy atom. The summed E-state index contributed by atoms with van der Waals surface area (Å²) in [6, 6.07) is -0.523. The molecule has 0 radical (unpaired) electrons. The van der Waals surface area contributed by atoms with Crippen molar-refractivity contribution in [3.63, 3.8) is 0 Å². The molecular formula is C5H10N4O2. The molecule has 6 nitrogen and oxygen atoms in total. The Morgan fingerprint density at radius 3 is 1.36 bits per heavy atom. The number of hydrogen-bond donors (Lipinski definition) is 4. The summed E-state index contributed by atoms with van der Waals surface area (Å²) < 4.78 is 0. The van der Waals surface area contributed by atoms with Gasteiger partial charge >= 0.3 is 12.1 Å². The second-order valence-electron chi connectivity index (χ2n) is 2.19. The maximum Gasteiger partial charge on any atom is 0.318 e. The van der Waals surface area contributed by atoms with E-state index in [1.54, 1.807) is 0 Å². The van der Waals surface area contributed by atoms with Crippen molar-refractivity contribution in [2.45, 2.75) is 19.8 Å². The van der Waals surface area contributed by atoms with Crippen molar-refractivity contribution in [2.75, 3.05) is 0 Å². The topological polar surface area (TPSA) is 82.3 Å². The maximum atomic E-state index is 10.5. The molecule has 0 saturated carbocycles. The first-order chi connectivity index (χ1) is 4.75. The van der Waals surface area contributed by atoms with Crippen LogP contribution in [0.3, 0.4) is 0 Å². The molecule has 4 amide bonds. The summed E-state index contributed by atoms with van der Waals surface area (Å²) in [4.78, 5) is 21.1. The van der Waals surface area contributed by atoms with Crippen LogP contribution in [0.15, 0.2) is 0 Å². The standard InChI is InChI=1S/C4H6N4O2.CH4/c9-3-5-1-2(7-3)8-4(10)6-1;/h1-2H,(H2,5,7,9)(H2,6,8,10);1H4. The highest BCUT2D eigenvalue weighted by Crippen LogP contribution is 2.00. The molecule has 0 aliphatic carbocycles. The van der Waals surface area contributed by atoms with E-state index in [2.05, 4.69) is 21.3 Å². The monoisotopic (exact) mass is 158 g/mol. The molecule has 2 aliphatic rings. The van der Waals surface area contributed by atoms with Crippen LogP contribution in [-0.4, -0.2) is 24.4 Å². The first-order valence-corrected chi connectivity index (χ1v) is 2.90. The molecule has 62 valence electrons. The van der Waals surface area contributed by atoms with Crippen molar-refractivity contribution in [3.8, 4) is 0 Å². The Kier molecular flexibility index (Phi) is 1.60. The molecule has 0 unspecified atom stereocenters. The molecule has 0 aromatic carbocycles. The van der Waals surface area contributed by atoms with Gasteiger partial charge in [-0.05, 0) is 0 Å². The van der Waals surface area contributed by atoms with Gasteiger partial charge in [0.15, 0.2) is 0 Å². The molecule has 0 bridgehead atoms. The van der Waals surface area contributed by atoms with Gasteiger partial charge in [-0.15, -0.1) is 0 Å². The van der Waals surface area contributed by atoms with Crippen LogP contribution in [0.4, 0.5) is 9.59 Å². The first-order valence-electron chi connectivity index (χ1n) is 2.90. The first kappa shape index (κ1) is 7.64. The fraction of sp³-hybridized carbons (Fsp3) is 0.600. The maximum absolute atomic E-state index is 10.5. The number of carbonyl (C=O) groups excluding carboxylic acids is 2. The largest absolute Gasteiger partial charge is 0.318 e. The van der Waals surface area contributed by atoms with Gasteiger partial charge in [-0.25, -0.2) is 9.59 Å². The van der Waals surface area contributed by atoms with Gasteiger partial charge in [-0.1, -0.05) is 7.43 Å². The van der Waals surface area contributed by atoms with Crippen LogP contribution in [0, 0.1) is 0 Å². The van der Waals surface area contributed by atoms with E-state index in [0.29, 0.717) is 0 Å². The molecule has 0 atom stereocenters. The van der Waals surface area contributed by atoms with Crippen LogP contribution in [0.5, 0.6) is 0 Å². The van der Waals surface area contributed by atoms with E-state index in [0.717, 1.165) is 0 Å². The molecule has 2 aliphatic heterocycles. The number of urea groups is 2. The van der Waals surface area contributed by atoms with Crippen LogP contribution in [-0.2, 0) is 0 Å². The third kappa shape index (κ3) is 1.06. The van der Waals surface area contributed by atoms with Gasteiger partial charge in [0.05, 0.1) is 0 Å².